The molecule has 0 nitrogen and oxygen atoms in total. The summed E-state index contributed by atoms with van der Waals surface area (Å²) in [5.74, 6) is 0.833. The molecular weight excluding hydrogens is 925 g/mol. The van der Waals surface area contributed by atoms with Crippen molar-refractivity contribution in [3.8, 4) is 68.5 Å². The highest BCUT2D eigenvalue weighted by atomic mass is 14.2. The fraction of sp³-hybridized carbons (Fsp3) is 0.247. The van der Waals surface area contributed by atoms with Gasteiger partial charge in [0.05, 0.1) is 0 Å². The molecule has 9 rings (SSSR count). The molecule has 0 N–H and O–H groups in total. The standard InChI is InChI=1S/C22H22.C21H18.C14H14.C7H8.C4H10.3C2H6.C2H2.CH4/c1-15-9-5-7-11-19(15)21-13-14-22(18(4)17(21)3)20-12-8-6-10-16(20)2;1-16(2)18-10-6-12-20(14-18)21-13-7-11-19(15-21)17-8-4-3-5-9-17;1-2-12-8-6-7-11-14(12)13-9-4-3-5-10-13;1-7-5-3-2-4-6-7;1-4(2)3;4*1-2;/h5-14H,1-4H3;3-15H,1H2,2H3;3-11H,2H2,1H3;2-6H,1H3;4H,1-3H3;3*1-2H3;1-2H;1H4. The third-order valence-electron chi connectivity index (χ3n) is 11.7. The summed E-state index contributed by atoms with van der Waals surface area (Å²) in [7, 11) is 0. The highest BCUT2D eigenvalue weighted by molar-refractivity contribution is 5.80. The summed E-state index contributed by atoms with van der Waals surface area (Å²) in [5, 5.41) is 0. The van der Waals surface area contributed by atoms with E-state index >= 15 is 0 Å². The van der Waals surface area contributed by atoms with Gasteiger partial charge in [0.25, 0.3) is 0 Å². The molecule has 0 saturated carbocycles. The first kappa shape index (κ1) is 69.3. The van der Waals surface area contributed by atoms with E-state index in [1.54, 1.807) is 0 Å². The first-order valence-corrected chi connectivity index (χ1v) is 27.5. The first-order valence-electron chi connectivity index (χ1n) is 27.5. The van der Waals surface area contributed by atoms with Gasteiger partial charge in [-0.2, -0.15) is 0 Å². The van der Waals surface area contributed by atoms with Gasteiger partial charge in [-0.15, -0.1) is 12.8 Å². The first-order chi connectivity index (χ1) is 36.9. The van der Waals surface area contributed by atoms with E-state index in [2.05, 4.69) is 282 Å². The maximum atomic E-state index is 4.03. The summed E-state index contributed by atoms with van der Waals surface area (Å²) in [4.78, 5) is 0. The van der Waals surface area contributed by atoms with Gasteiger partial charge < -0.3 is 0 Å². The van der Waals surface area contributed by atoms with Gasteiger partial charge in [-0.05, 0) is 155 Å². The van der Waals surface area contributed by atoms with Crippen LogP contribution in [0.2, 0.25) is 0 Å². The molecule has 0 atom stereocenters. The number of benzene rings is 9. The lowest BCUT2D eigenvalue weighted by atomic mass is 9.88. The van der Waals surface area contributed by atoms with Crippen molar-refractivity contribution in [3.63, 3.8) is 0 Å². The van der Waals surface area contributed by atoms with Crippen LogP contribution in [0.15, 0.2) is 231 Å². The fourth-order valence-electron chi connectivity index (χ4n) is 7.89. The Morgan fingerprint density at radius 3 is 1.09 bits per heavy atom. The van der Waals surface area contributed by atoms with Crippen LogP contribution in [0.25, 0.3) is 61.2 Å². The third-order valence-corrected chi connectivity index (χ3v) is 11.7. The van der Waals surface area contributed by atoms with E-state index in [9.17, 15) is 0 Å². The lowest BCUT2D eigenvalue weighted by molar-refractivity contribution is 0.737. The van der Waals surface area contributed by atoms with E-state index in [0.29, 0.717) is 0 Å². The largest absolute Gasteiger partial charge is 0.124 e. The quantitative estimate of drug-likeness (QED) is 0.140. The zero-order valence-electron chi connectivity index (χ0n) is 49.5. The Kier molecular flexibility index (Phi) is 36.5. The maximum Gasteiger partial charge on any atom is -0.0149 e. The number of hydrogen-bond acceptors (Lipinski definition) is 0. The molecule has 0 radical (unpaired) electrons. The van der Waals surface area contributed by atoms with Crippen molar-refractivity contribution in [2.24, 2.45) is 5.92 Å². The zero-order valence-corrected chi connectivity index (χ0v) is 49.5. The van der Waals surface area contributed by atoms with Gasteiger partial charge in [0.1, 0.15) is 0 Å². The molecule has 77 heavy (non-hydrogen) atoms. The van der Waals surface area contributed by atoms with Crippen LogP contribution in [0.1, 0.15) is 123 Å². The van der Waals surface area contributed by atoms with Crippen molar-refractivity contribution in [2.45, 2.75) is 125 Å². The van der Waals surface area contributed by atoms with Gasteiger partial charge in [-0.1, -0.05) is 307 Å². The molecule has 0 aliphatic heterocycles. The second-order valence-electron chi connectivity index (χ2n) is 18.1. The molecular formula is C77H96. The van der Waals surface area contributed by atoms with Crippen molar-refractivity contribution in [3.05, 3.63) is 270 Å². The van der Waals surface area contributed by atoms with Crippen LogP contribution in [-0.2, 0) is 6.42 Å². The van der Waals surface area contributed by atoms with Gasteiger partial charge in [0, 0.05) is 0 Å². The maximum absolute atomic E-state index is 4.03. The van der Waals surface area contributed by atoms with E-state index in [1.807, 2.05) is 72.7 Å². The number of hydrogen-bond donors (Lipinski definition) is 0. The molecule has 0 aromatic heterocycles. The molecule has 9 aromatic rings. The third kappa shape index (κ3) is 23.8. The van der Waals surface area contributed by atoms with Gasteiger partial charge in [0.15, 0.2) is 0 Å². The van der Waals surface area contributed by atoms with Crippen molar-refractivity contribution >= 4 is 5.57 Å². The van der Waals surface area contributed by atoms with E-state index < -0.39 is 0 Å². The van der Waals surface area contributed by atoms with Crippen LogP contribution >= 0.6 is 0 Å². The Morgan fingerprint density at radius 1 is 0.377 bits per heavy atom. The molecule has 0 saturated heterocycles. The summed E-state index contributed by atoms with van der Waals surface area (Å²) < 4.78 is 0. The molecule has 0 spiro atoms. The van der Waals surface area contributed by atoms with Crippen molar-refractivity contribution in [1.82, 2.24) is 0 Å². The lowest BCUT2D eigenvalue weighted by Crippen LogP contribution is -1.94. The van der Waals surface area contributed by atoms with E-state index in [4.69, 9.17) is 0 Å². The lowest BCUT2D eigenvalue weighted by Gasteiger charge is -2.16. The molecule has 0 heteroatoms. The number of rotatable bonds is 7. The predicted molar refractivity (Wildman–Crippen MR) is 352 cm³/mol. The molecule has 0 aliphatic carbocycles. The average molecular weight is 1020 g/mol. The van der Waals surface area contributed by atoms with Crippen LogP contribution in [0.5, 0.6) is 0 Å². The smallest absolute Gasteiger partial charge is 0.0149 e. The normalized spacial score (nSPS) is 9.23. The van der Waals surface area contributed by atoms with Crippen molar-refractivity contribution in [1.29, 1.82) is 0 Å². The highest BCUT2D eigenvalue weighted by Gasteiger charge is 2.12. The number of terminal acetylenes is 1. The van der Waals surface area contributed by atoms with Gasteiger partial charge in [0.2, 0.25) is 0 Å². The molecule has 9 aromatic carbocycles. The summed E-state index contributed by atoms with van der Waals surface area (Å²) >= 11 is 0. The zero-order chi connectivity index (χ0) is 56.8. The SMILES string of the molecule is C.C#C.C=C(C)c1cccc(-c2cccc(-c3ccccc3)c2)c1.CC.CC.CC.CC(C)C.CCc1ccccc1-c1ccccc1.Cc1ccccc1.Cc1ccccc1-c1ccc(-c2ccccc2C)c(C)c1C. The molecule has 0 amide bonds. The van der Waals surface area contributed by atoms with E-state index in [0.717, 1.165) is 17.9 Å². The second kappa shape index (κ2) is 40.6. The number of aryl methyl sites for hydroxylation is 4. The van der Waals surface area contributed by atoms with E-state index in [-0.39, 0.29) is 7.43 Å². The number of allylic oxidation sites excluding steroid dienone is 1. The topological polar surface area (TPSA) is 0 Å². The Balaban J connectivity index is 0.000000972. The van der Waals surface area contributed by atoms with Crippen LogP contribution in [-0.4, -0.2) is 0 Å². The summed E-state index contributed by atoms with van der Waals surface area (Å²) in [5.41, 5.74) is 23.4. The minimum absolute atomic E-state index is 0. The molecule has 0 bridgehead atoms. The summed E-state index contributed by atoms with van der Waals surface area (Å²) in [6, 6.07) is 78.8. The summed E-state index contributed by atoms with van der Waals surface area (Å²) in [6.07, 6.45) is 9.09. The van der Waals surface area contributed by atoms with Crippen molar-refractivity contribution < 1.29 is 0 Å². The predicted octanol–water partition coefficient (Wildman–Crippen LogP) is 23.8. The molecule has 404 valence electrons. The second-order valence-corrected chi connectivity index (χ2v) is 18.1. The minimum Gasteiger partial charge on any atom is -0.124 e. The Bertz CT molecular complexity index is 2890. The Hall–Kier alpha value is -7.72. The molecule has 0 fully saturated rings. The van der Waals surface area contributed by atoms with Crippen LogP contribution < -0.4 is 0 Å². The highest BCUT2D eigenvalue weighted by Crippen LogP contribution is 2.35. The minimum atomic E-state index is 0. The van der Waals surface area contributed by atoms with Gasteiger partial charge >= 0.3 is 0 Å². The Labute approximate surface area is 472 Å². The van der Waals surface area contributed by atoms with Gasteiger partial charge in [-0.25, -0.2) is 0 Å². The van der Waals surface area contributed by atoms with Crippen LogP contribution in [0, 0.1) is 53.4 Å². The summed E-state index contributed by atoms with van der Waals surface area (Å²) in [6.45, 7) is 37.7. The van der Waals surface area contributed by atoms with Gasteiger partial charge in [-0.3, -0.25) is 0 Å². The average Bonchev–Trinajstić information content (AvgIpc) is 3.48. The monoisotopic (exact) mass is 1020 g/mol. The van der Waals surface area contributed by atoms with Crippen molar-refractivity contribution in [2.75, 3.05) is 0 Å². The van der Waals surface area contributed by atoms with E-state index in [1.165, 1.54) is 94.6 Å². The fourth-order valence-corrected chi connectivity index (χ4v) is 7.89. The van der Waals surface area contributed by atoms with Crippen LogP contribution in [0.3, 0.4) is 0 Å². The van der Waals surface area contributed by atoms with Crippen LogP contribution in [0.4, 0.5) is 0 Å². The Morgan fingerprint density at radius 2 is 0.701 bits per heavy atom. The molecule has 0 heterocycles. The molecule has 0 unspecified atom stereocenters. The molecule has 0 aliphatic rings.